The first-order valence-electron chi connectivity index (χ1n) is 3.98. The van der Waals surface area contributed by atoms with E-state index in [1.165, 1.54) is 0 Å². The highest BCUT2D eigenvalue weighted by atomic mass is 16.2. The summed E-state index contributed by atoms with van der Waals surface area (Å²) in [7, 11) is 0. The summed E-state index contributed by atoms with van der Waals surface area (Å²) in [6, 6.07) is 0. The van der Waals surface area contributed by atoms with E-state index in [0.717, 1.165) is 10.7 Å². The maximum atomic E-state index is 11.2. The third-order valence-corrected chi connectivity index (χ3v) is 1.72. The molecule has 0 aromatic heterocycles. The van der Waals surface area contributed by atoms with Crippen LogP contribution in [0.15, 0.2) is 5.10 Å². The van der Waals surface area contributed by atoms with E-state index in [1.54, 1.807) is 0 Å². The molecule has 72 valence electrons. The standard InChI is InChI=1S/C7H12N4O2/c8-3-5-1-2-7(13)11(10-5)4-6(9)12/h1-4,8H2,(H2,9,12). The highest BCUT2D eigenvalue weighted by molar-refractivity contribution is 5.95. The second-order valence-corrected chi connectivity index (χ2v) is 2.79. The number of amides is 2. The predicted molar refractivity (Wildman–Crippen MR) is 46.6 cm³/mol. The van der Waals surface area contributed by atoms with E-state index in [4.69, 9.17) is 11.5 Å². The molecule has 0 bridgehead atoms. The van der Waals surface area contributed by atoms with Gasteiger partial charge in [0.05, 0.1) is 5.71 Å². The van der Waals surface area contributed by atoms with E-state index in [-0.39, 0.29) is 12.5 Å². The van der Waals surface area contributed by atoms with Crippen LogP contribution in [0, 0.1) is 0 Å². The number of nitrogens with two attached hydrogens (primary N) is 2. The smallest absolute Gasteiger partial charge is 0.243 e. The van der Waals surface area contributed by atoms with Crippen LogP contribution in [-0.4, -0.2) is 35.6 Å². The zero-order chi connectivity index (χ0) is 9.84. The number of primary amides is 1. The van der Waals surface area contributed by atoms with Gasteiger partial charge in [-0.15, -0.1) is 0 Å². The molecule has 6 nitrogen and oxygen atoms in total. The van der Waals surface area contributed by atoms with Crippen molar-refractivity contribution in [3.63, 3.8) is 0 Å². The molecule has 6 heteroatoms. The molecule has 4 N–H and O–H groups in total. The highest BCUT2D eigenvalue weighted by Crippen LogP contribution is 2.07. The molecule has 0 unspecified atom stereocenters. The molecular weight excluding hydrogens is 172 g/mol. The minimum absolute atomic E-state index is 0.164. The maximum absolute atomic E-state index is 11.2. The maximum Gasteiger partial charge on any atom is 0.243 e. The van der Waals surface area contributed by atoms with E-state index in [2.05, 4.69) is 5.10 Å². The molecule has 0 aliphatic carbocycles. The average Bonchev–Trinajstić information content (AvgIpc) is 2.08. The lowest BCUT2D eigenvalue weighted by atomic mass is 10.2. The highest BCUT2D eigenvalue weighted by Gasteiger charge is 2.20. The minimum atomic E-state index is -0.574. The van der Waals surface area contributed by atoms with E-state index in [0.29, 0.717) is 19.4 Å². The molecule has 0 saturated heterocycles. The number of hydrogen-bond acceptors (Lipinski definition) is 4. The number of hydrazone groups is 1. The van der Waals surface area contributed by atoms with Crippen LogP contribution < -0.4 is 11.5 Å². The van der Waals surface area contributed by atoms with Gasteiger partial charge in [-0.2, -0.15) is 5.10 Å². The first-order valence-corrected chi connectivity index (χ1v) is 3.98. The number of hydrogen-bond donors (Lipinski definition) is 2. The molecule has 0 fully saturated rings. The molecule has 1 aliphatic rings. The quantitative estimate of drug-likeness (QED) is 0.552. The van der Waals surface area contributed by atoms with Crippen LogP contribution in [0.1, 0.15) is 12.8 Å². The fourth-order valence-electron chi connectivity index (χ4n) is 1.07. The lowest BCUT2D eigenvalue weighted by Gasteiger charge is -2.21. The van der Waals surface area contributed by atoms with Gasteiger partial charge < -0.3 is 11.5 Å². The lowest BCUT2D eigenvalue weighted by molar-refractivity contribution is -0.135. The molecule has 0 aromatic carbocycles. The number of carbonyl (C=O) groups excluding carboxylic acids is 2. The van der Waals surface area contributed by atoms with Gasteiger partial charge in [0.15, 0.2) is 0 Å². The molecule has 2 amide bonds. The molecule has 1 rings (SSSR count). The van der Waals surface area contributed by atoms with Crippen molar-refractivity contribution in [2.24, 2.45) is 16.6 Å². The molecule has 0 radical (unpaired) electrons. The van der Waals surface area contributed by atoms with Gasteiger partial charge in [-0.05, 0) is 6.42 Å². The summed E-state index contributed by atoms with van der Waals surface area (Å²) in [5, 5.41) is 4.97. The topological polar surface area (TPSA) is 102 Å². The van der Waals surface area contributed by atoms with Crippen LogP contribution in [0.25, 0.3) is 0 Å². The first kappa shape index (κ1) is 9.66. The summed E-state index contributed by atoms with van der Waals surface area (Å²) in [6.07, 6.45) is 0.925. The molecule has 13 heavy (non-hydrogen) atoms. The van der Waals surface area contributed by atoms with Crippen LogP contribution in [0.3, 0.4) is 0 Å². The van der Waals surface area contributed by atoms with E-state index in [1.807, 2.05) is 0 Å². The van der Waals surface area contributed by atoms with Crippen molar-refractivity contribution >= 4 is 17.5 Å². The normalized spacial score (nSPS) is 17.2. The molecule has 0 atom stereocenters. The Morgan fingerprint density at radius 2 is 2.23 bits per heavy atom. The van der Waals surface area contributed by atoms with Gasteiger partial charge in [-0.25, -0.2) is 5.01 Å². The second-order valence-electron chi connectivity index (χ2n) is 2.79. The second kappa shape index (κ2) is 3.99. The van der Waals surface area contributed by atoms with Crippen LogP contribution in [0.4, 0.5) is 0 Å². The van der Waals surface area contributed by atoms with E-state index >= 15 is 0 Å². The van der Waals surface area contributed by atoms with Crippen molar-refractivity contribution in [3.8, 4) is 0 Å². The molecule has 1 aliphatic heterocycles. The van der Waals surface area contributed by atoms with E-state index < -0.39 is 5.91 Å². The Labute approximate surface area is 75.6 Å². The molecule has 0 saturated carbocycles. The number of rotatable bonds is 3. The van der Waals surface area contributed by atoms with Gasteiger partial charge in [0, 0.05) is 13.0 Å². The van der Waals surface area contributed by atoms with Gasteiger partial charge in [0.25, 0.3) is 0 Å². The fourth-order valence-corrected chi connectivity index (χ4v) is 1.07. The third-order valence-electron chi connectivity index (χ3n) is 1.72. The van der Waals surface area contributed by atoms with Crippen LogP contribution in [-0.2, 0) is 9.59 Å². The number of nitrogens with zero attached hydrogens (tertiary/aromatic N) is 2. The predicted octanol–water partition coefficient (Wildman–Crippen LogP) is -1.59. The van der Waals surface area contributed by atoms with Gasteiger partial charge >= 0.3 is 0 Å². The Bertz CT molecular complexity index is 261. The van der Waals surface area contributed by atoms with Crippen molar-refractivity contribution < 1.29 is 9.59 Å². The zero-order valence-corrected chi connectivity index (χ0v) is 7.19. The Balaban J connectivity index is 2.68. The molecule has 0 aromatic rings. The van der Waals surface area contributed by atoms with Crippen molar-refractivity contribution in [1.29, 1.82) is 0 Å². The van der Waals surface area contributed by atoms with Gasteiger partial charge in [0.2, 0.25) is 11.8 Å². The van der Waals surface area contributed by atoms with Crippen LogP contribution in [0.5, 0.6) is 0 Å². The summed E-state index contributed by atoms with van der Waals surface area (Å²) in [5.41, 5.74) is 11.0. The zero-order valence-electron chi connectivity index (χ0n) is 7.19. The first-order chi connectivity index (χ1) is 6.13. The van der Waals surface area contributed by atoms with Crippen molar-refractivity contribution in [2.45, 2.75) is 12.8 Å². The van der Waals surface area contributed by atoms with E-state index in [9.17, 15) is 9.59 Å². The molecule has 1 heterocycles. The summed E-state index contributed by atoms with van der Waals surface area (Å²) < 4.78 is 0. The average molecular weight is 184 g/mol. The summed E-state index contributed by atoms with van der Waals surface area (Å²) >= 11 is 0. The number of carbonyl (C=O) groups is 2. The fraction of sp³-hybridized carbons (Fsp3) is 0.571. The van der Waals surface area contributed by atoms with Crippen molar-refractivity contribution in [2.75, 3.05) is 13.1 Å². The van der Waals surface area contributed by atoms with Crippen molar-refractivity contribution in [1.82, 2.24) is 5.01 Å². The van der Waals surface area contributed by atoms with Crippen LogP contribution in [0.2, 0.25) is 0 Å². The SMILES string of the molecule is NCC1=NN(CC(N)=O)C(=O)CC1. The van der Waals surface area contributed by atoms with Crippen LogP contribution >= 0.6 is 0 Å². The monoisotopic (exact) mass is 184 g/mol. The summed E-state index contributed by atoms with van der Waals surface area (Å²) in [4.78, 5) is 21.7. The minimum Gasteiger partial charge on any atom is -0.368 e. The van der Waals surface area contributed by atoms with Gasteiger partial charge in [0.1, 0.15) is 6.54 Å². The summed E-state index contributed by atoms with van der Waals surface area (Å²) in [5.74, 6) is -0.758. The lowest BCUT2D eigenvalue weighted by Crippen LogP contribution is -2.39. The Kier molecular flexibility index (Phi) is 2.97. The van der Waals surface area contributed by atoms with Crippen molar-refractivity contribution in [3.05, 3.63) is 0 Å². The Morgan fingerprint density at radius 3 is 2.77 bits per heavy atom. The van der Waals surface area contributed by atoms with Gasteiger partial charge in [-0.3, -0.25) is 9.59 Å². The largest absolute Gasteiger partial charge is 0.368 e. The third kappa shape index (κ3) is 2.51. The van der Waals surface area contributed by atoms with Gasteiger partial charge in [-0.1, -0.05) is 0 Å². The molecular formula is C7H12N4O2. The Morgan fingerprint density at radius 1 is 1.54 bits per heavy atom. The summed E-state index contributed by atoms with van der Waals surface area (Å²) in [6.45, 7) is 0.144. The Hall–Kier alpha value is -1.43. The molecule has 0 spiro atoms.